The lowest BCUT2D eigenvalue weighted by Crippen LogP contribution is -2.63. The van der Waals surface area contributed by atoms with E-state index in [2.05, 4.69) is 15.5 Å². The van der Waals surface area contributed by atoms with E-state index in [4.69, 9.17) is 4.74 Å². The molecule has 0 aromatic heterocycles. The standard InChI is InChI=1S/C75H132N10O14/c1-26-28-30-50(14)67(90)66-68(91)77-56(27-2)72(95)80(20)53(17)70(93)84(24)65(49(13)31-29-36-99-75(98)76-54-32-34-78(18)35-33-54)62(88)42-55(47(9)10)71(94)82(22)57(37-44(3)4)61(87)40-51(15)60(86)41-52(16)69(92)81(21)58(38-45(5)6)63(89)43-79(19)59(39-46(7)8)73(96)83(23)64(48(11)12)74(97)85(66)25/h26,28,44-59,64-67,90H,27,29-43H2,1-25H3,(H,76,98)(H,77,91)/b28-26+/t49-,50-,51-,52+,53-,55+,56+,57+,58+,59+,64+,65+,66+,67-/m1/s1. The maximum atomic E-state index is 15.3. The number of carbonyl (C=O) groups is 12. The molecule has 0 aromatic carbocycles. The van der Waals surface area contributed by atoms with Gasteiger partial charge in [-0.25, -0.2) is 4.79 Å². The van der Waals surface area contributed by atoms with Gasteiger partial charge in [0.15, 0.2) is 17.3 Å². The molecule has 0 aliphatic carbocycles. The number of aliphatic hydroxyl groups is 1. The summed E-state index contributed by atoms with van der Waals surface area (Å²) in [6.45, 7) is 31.7. The van der Waals surface area contributed by atoms with Crippen molar-refractivity contribution in [1.29, 1.82) is 0 Å². The van der Waals surface area contributed by atoms with Crippen molar-refractivity contribution in [2.75, 3.05) is 82.6 Å². The zero-order valence-electron chi connectivity index (χ0n) is 65.3. The predicted octanol–water partition coefficient (Wildman–Crippen LogP) is 7.16. The van der Waals surface area contributed by atoms with Gasteiger partial charge in [0, 0.05) is 85.3 Å². The first kappa shape index (κ1) is 88.9. The minimum atomic E-state index is -1.62. The van der Waals surface area contributed by atoms with Crippen LogP contribution in [-0.2, 0) is 57.5 Å². The molecule has 2 saturated heterocycles. The lowest BCUT2D eigenvalue weighted by atomic mass is 9.82. The Morgan fingerprint density at radius 3 is 1.59 bits per heavy atom. The Morgan fingerprint density at radius 1 is 0.566 bits per heavy atom. The van der Waals surface area contributed by atoms with Crippen LogP contribution in [0.3, 0.4) is 0 Å². The molecule has 0 unspecified atom stereocenters. The first-order valence-electron chi connectivity index (χ1n) is 36.6. The van der Waals surface area contributed by atoms with E-state index >= 15 is 28.8 Å². The van der Waals surface area contributed by atoms with E-state index in [9.17, 15) is 33.9 Å². The van der Waals surface area contributed by atoms with Crippen molar-refractivity contribution in [3.8, 4) is 0 Å². The van der Waals surface area contributed by atoms with Crippen LogP contribution in [0, 0.1) is 59.2 Å². The lowest BCUT2D eigenvalue weighted by Gasteiger charge is -2.41. The molecule has 2 fully saturated rings. The number of rotatable bonds is 19. The number of hydrogen-bond acceptors (Lipinski definition) is 16. The van der Waals surface area contributed by atoms with Crippen molar-refractivity contribution in [1.82, 2.24) is 49.8 Å². The number of amides is 8. The molecular formula is C75H132N10O14. The van der Waals surface area contributed by atoms with Gasteiger partial charge < -0.3 is 54.8 Å². The van der Waals surface area contributed by atoms with Gasteiger partial charge in [0.25, 0.3) is 0 Å². The molecule has 8 amide bonds. The Balaban J connectivity index is 2.98. The number of alkyl carbamates (subject to hydrolysis) is 1. The van der Waals surface area contributed by atoms with Crippen LogP contribution in [0.2, 0.25) is 0 Å². The first-order valence-corrected chi connectivity index (χ1v) is 36.6. The summed E-state index contributed by atoms with van der Waals surface area (Å²) in [6.07, 6.45) is 3.89. The summed E-state index contributed by atoms with van der Waals surface area (Å²) in [5.74, 6) is -11.2. The minimum absolute atomic E-state index is 0.000600. The SMILES string of the molecule is C/C=C/C[C@@H](C)[C@@H](O)[C@H]1C(=O)N[C@@H](CC)C(=O)N(C)[C@H](C)C(=O)N(C)[C@@H]([C@H](C)CCCOC(=O)NC2CCN(C)CC2)C(=O)C[C@@H](C(C)C)C(=O)N(C)[C@@H](CC(C)C)C(=O)C[C@@H](C)C(=O)C[C@H](C)C(=O)N(C)[C@@H](CC(C)C)C(=O)CN(C)[C@@H](CC(C)C)C(=O)N(C)[C@@H](C(C)C)C(=O)N1C. The molecule has 0 bridgehead atoms. The van der Waals surface area contributed by atoms with Gasteiger partial charge in [0.05, 0.1) is 43.4 Å². The molecule has 3 N–H and O–H groups in total. The fraction of sp³-hybridized carbons (Fsp3) is 0.813. The van der Waals surface area contributed by atoms with Crippen molar-refractivity contribution in [2.24, 2.45) is 59.2 Å². The van der Waals surface area contributed by atoms with E-state index in [0.717, 1.165) is 30.8 Å². The lowest BCUT2D eigenvalue weighted by molar-refractivity contribution is -0.155. The first-order chi connectivity index (χ1) is 46.0. The van der Waals surface area contributed by atoms with Gasteiger partial charge in [-0.2, -0.15) is 0 Å². The van der Waals surface area contributed by atoms with E-state index in [-0.39, 0.29) is 106 Å². The van der Waals surface area contributed by atoms with E-state index in [0.29, 0.717) is 12.8 Å². The highest BCUT2D eigenvalue weighted by atomic mass is 16.5. The third-order valence-corrected chi connectivity index (χ3v) is 20.6. The van der Waals surface area contributed by atoms with Crippen LogP contribution in [-0.4, -0.2) is 258 Å². The Kier molecular flexibility index (Phi) is 37.5. The second kappa shape index (κ2) is 41.7. The van der Waals surface area contributed by atoms with Gasteiger partial charge in [0.1, 0.15) is 30.0 Å². The van der Waals surface area contributed by atoms with Crippen molar-refractivity contribution < 1.29 is 67.4 Å². The molecule has 0 radical (unpaired) electrons. The maximum absolute atomic E-state index is 15.3. The number of likely N-dealkylation sites (N-methyl/N-ethyl adjacent to an activating group) is 7. The van der Waals surface area contributed by atoms with Crippen molar-refractivity contribution in [3.05, 3.63) is 12.2 Å². The molecule has 0 saturated carbocycles. The van der Waals surface area contributed by atoms with Gasteiger partial charge in [-0.3, -0.25) is 57.6 Å². The molecule has 99 heavy (non-hydrogen) atoms. The number of ether oxygens (including phenoxy) is 1. The summed E-state index contributed by atoms with van der Waals surface area (Å²) in [5, 5.41) is 18.0. The number of ketones is 4. The smallest absolute Gasteiger partial charge is 0.407 e. The predicted molar refractivity (Wildman–Crippen MR) is 385 cm³/mol. The Bertz CT molecular complexity index is 2730. The topological polar surface area (TPSA) is 284 Å². The Hall–Kier alpha value is -6.14. The van der Waals surface area contributed by atoms with Gasteiger partial charge in [-0.15, -0.1) is 0 Å². The normalized spacial score (nSPS) is 27.6. The molecule has 0 spiro atoms. The fourth-order valence-electron chi connectivity index (χ4n) is 13.9. The number of likely N-dealkylation sites (tertiary alicyclic amines) is 1. The monoisotopic (exact) mass is 1400 g/mol. The summed E-state index contributed by atoms with van der Waals surface area (Å²) in [5.41, 5.74) is 0. The summed E-state index contributed by atoms with van der Waals surface area (Å²) in [6, 6.07) is -9.56. The number of nitrogens with zero attached hydrogens (tertiary/aromatic N) is 8. The molecular weight excluding hydrogens is 1260 g/mol. The van der Waals surface area contributed by atoms with Crippen LogP contribution in [0.25, 0.3) is 0 Å². The fourth-order valence-corrected chi connectivity index (χ4v) is 13.9. The third kappa shape index (κ3) is 26.0. The Labute approximate surface area is 594 Å². The van der Waals surface area contributed by atoms with Crippen molar-refractivity contribution in [2.45, 2.75) is 255 Å². The summed E-state index contributed by atoms with van der Waals surface area (Å²) in [7, 11) is 12.4. The summed E-state index contributed by atoms with van der Waals surface area (Å²) < 4.78 is 5.61. The van der Waals surface area contributed by atoms with Gasteiger partial charge >= 0.3 is 6.09 Å². The maximum Gasteiger partial charge on any atom is 0.407 e. The molecule has 24 heteroatoms. The molecule has 14 atom stereocenters. The Morgan fingerprint density at radius 2 is 1.07 bits per heavy atom. The van der Waals surface area contributed by atoms with E-state index in [1.165, 1.54) is 73.7 Å². The van der Waals surface area contributed by atoms with E-state index < -0.39 is 149 Å². The molecule has 2 heterocycles. The number of piperidine rings is 1. The highest BCUT2D eigenvalue weighted by Gasteiger charge is 2.46. The number of hydrogen-bond donors (Lipinski definition) is 3. The average molecular weight is 1400 g/mol. The molecule has 2 aliphatic heterocycles. The van der Waals surface area contributed by atoms with Crippen LogP contribution in [0.5, 0.6) is 0 Å². The van der Waals surface area contributed by atoms with Gasteiger partial charge in [0.2, 0.25) is 41.4 Å². The van der Waals surface area contributed by atoms with E-state index in [1.54, 1.807) is 80.3 Å². The molecule has 2 aliphatic rings. The number of Topliss-reactive ketones (excluding diaryl/α,β-unsaturated/α-hetero) is 4. The molecule has 24 nitrogen and oxygen atoms in total. The van der Waals surface area contributed by atoms with Crippen molar-refractivity contribution in [3.63, 3.8) is 0 Å². The van der Waals surface area contributed by atoms with Gasteiger partial charge in [-0.1, -0.05) is 116 Å². The highest BCUT2D eigenvalue weighted by molar-refractivity contribution is 5.99. The zero-order valence-corrected chi connectivity index (χ0v) is 65.3. The van der Waals surface area contributed by atoms with Crippen LogP contribution in [0.15, 0.2) is 12.2 Å². The van der Waals surface area contributed by atoms with Crippen LogP contribution < -0.4 is 10.6 Å². The second-order valence-electron chi connectivity index (χ2n) is 31.2. The highest BCUT2D eigenvalue weighted by Crippen LogP contribution is 2.30. The summed E-state index contributed by atoms with van der Waals surface area (Å²) in [4.78, 5) is 188. The van der Waals surface area contributed by atoms with Crippen molar-refractivity contribution >= 4 is 70.6 Å². The minimum Gasteiger partial charge on any atom is -0.450 e. The molecule has 2 rings (SSSR count). The second-order valence-corrected chi connectivity index (χ2v) is 31.2. The number of allylic oxidation sites excluding steroid dienone is 2. The average Bonchev–Trinajstić information content (AvgIpc) is 0.810. The quantitative estimate of drug-likeness (QED) is 0.0854. The largest absolute Gasteiger partial charge is 0.450 e. The van der Waals surface area contributed by atoms with Crippen LogP contribution >= 0.6 is 0 Å². The van der Waals surface area contributed by atoms with Gasteiger partial charge in [-0.05, 0) is 140 Å². The zero-order chi connectivity index (χ0) is 75.9. The molecule has 566 valence electrons. The summed E-state index contributed by atoms with van der Waals surface area (Å²) >= 11 is 0. The number of aliphatic hydroxyl groups excluding tert-OH is 1. The molecule has 0 aromatic rings. The van der Waals surface area contributed by atoms with E-state index in [1.807, 2.05) is 61.6 Å². The van der Waals surface area contributed by atoms with Crippen LogP contribution in [0.4, 0.5) is 4.79 Å². The third-order valence-electron chi connectivity index (χ3n) is 20.6. The number of nitrogens with one attached hydrogen (secondary N) is 2. The number of carbonyl (C=O) groups excluding carboxylic acids is 12. The van der Waals surface area contributed by atoms with Crippen LogP contribution in [0.1, 0.15) is 195 Å².